The predicted molar refractivity (Wildman–Crippen MR) is 106 cm³/mol. The summed E-state index contributed by atoms with van der Waals surface area (Å²) in [5, 5.41) is 12.8. The van der Waals surface area contributed by atoms with E-state index in [-0.39, 0.29) is 17.4 Å². The van der Waals surface area contributed by atoms with E-state index in [2.05, 4.69) is 5.32 Å². The number of amides is 1. The van der Waals surface area contributed by atoms with Crippen LogP contribution in [0.5, 0.6) is 5.75 Å². The molecule has 0 bridgehead atoms. The van der Waals surface area contributed by atoms with E-state index in [4.69, 9.17) is 4.74 Å². The minimum atomic E-state index is -0.747. The van der Waals surface area contributed by atoms with Crippen molar-refractivity contribution in [3.63, 3.8) is 0 Å². The van der Waals surface area contributed by atoms with Crippen LogP contribution in [-0.4, -0.2) is 23.6 Å². The third-order valence-electron chi connectivity index (χ3n) is 4.28. The van der Waals surface area contributed by atoms with E-state index >= 15 is 0 Å². The summed E-state index contributed by atoms with van der Waals surface area (Å²) in [4.78, 5) is 24.6. The van der Waals surface area contributed by atoms with Crippen LogP contribution in [0.3, 0.4) is 0 Å². The first-order valence-electron chi connectivity index (χ1n) is 8.90. The number of phenols is 1. The fraction of sp³-hybridized carbons (Fsp3) is 0.130. The first-order valence-corrected chi connectivity index (χ1v) is 8.90. The number of phenolic OH excluding ortho intramolecular Hbond substituents is 1. The lowest BCUT2D eigenvalue weighted by Crippen LogP contribution is -2.33. The summed E-state index contributed by atoms with van der Waals surface area (Å²) in [6.45, 7) is 1.36. The summed E-state index contributed by atoms with van der Waals surface area (Å²) < 4.78 is 5.07. The number of carbonyl (C=O) groups is 2. The summed E-state index contributed by atoms with van der Waals surface area (Å²) in [7, 11) is 0. The van der Waals surface area contributed by atoms with Crippen molar-refractivity contribution in [3.8, 4) is 5.75 Å². The molecule has 0 fully saturated rings. The zero-order chi connectivity index (χ0) is 19.9. The molecule has 142 valence electrons. The van der Waals surface area contributed by atoms with Crippen molar-refractivity contribution in [2.45, 2.75) is 13.0 Å². The lowest BCUT2D eigenvalue weighted by Gasteiger charge is -2.20. The van der Waals surface area contributed by atoms with Crippen LogP contribution in [0.15, 0.2) is 78.9 Å². The lowest BCUT2D eigenvalue weighted by atomic mass is 9.99. The molecule has 0 aliphatic carbocycles. The van der Waals surface area contributed by atoms with Crippen molar-refractivity contribution >= 4 is 11.9 Å². The average Bonchev–Trinajstić information content (AvgIpc) is 2.71. The van der Waals surface area contributed by atoms with Crippen molar-refractivity contribution in [1.82, 2.24) is 5.32 Å². The van der Waals surface area contributed by atoms with Gasteiger partial charge in [0.1, 0.15) is 11.3 Å². The molecule has 0 aromatic heterocycles. The highest BCUT2D eigenvalue weighted by molar-refractivity contribution is 5.94. The molecule has 3 aromatic rings. The molecule has 0 saturated heterocycles. The highest BCUT2D eigenvalue weighted by atomic mass is 16.5. The van der Waals surface area contributed by atoms with Crippen LogP contribution >= 0.6 is 0 Å². The number of esters is 1. The minimum Gasteiger partial charge on any atom is -0.507 e. The molecule has 0 atom stereocenters. The molecule has 5 nitrogen and oxygen atoms in total. The number of carbonyl (C=O) groups excluding carboxylic acids is 2. The Hall–Kier alpha value is -3.60. The van der Waals surface area contributed by atoms with Crippen molar-refractivity contribution in [1.29, 1.82) is 0 Å². The van der Waals surface area contributed by atoms with Gasteiger partial charge in [-0.15, -0.1) is 0 Å². The molecular weight excluding hydrogens is 354 g/mol. The van der Waals surface area contributed by atoms with E-state index in [0.29, 0.717) is 0 Å². The molecule has 0 heterocycles. The number of nitrogens with one attached hydrogen (secondary N) is 1. The van der Waals surface area contributed by atoms with Gasteiger partial charge in [0, 0.05) is 0 Å². The van der Waals surface area contributed by atoms with Gasteiger partial charge in [-0.25, -0.2) is 4.79 Å². The van der Waals surface area contributed by atoms with Crippen LogP contribution in [-0.2, 0) is 9.53 Å². The Morgan fingerprint density at radius 1 is 0.929 bits per heavy atom. The van der Waals surface area contributed by atoms with Crippen LogP contribution in [0.4, 0.5) is 0 Å². The summed E-state index contributed by atoms with van der Waals surface area (Å²) in [6.07, 6.45) is 0. The number of aryl methyl sites for hydroxylation is 1. The smallest absolute Gasteiger partial charge is 0.342 e. The average molecular weight is 375 g/mol. The van der Waals surface area contributed by atoms with Crippen LogP contribution in [0.25, 0.3) is 0 Å². The Morgan fingerprint density at radius 2 is 1.50 bits per heavy atom. The van der Waals surface area contributed by atoms with Gasteiger partial charge in [-0.05, 0) is 35.7 Å². The second-order valence-corrected chi connectivity index (χ2v) is 6.42. The first-order chi connectivity index (χ1) is 13.5. The minimum absolute atomic E-state index is 0.0288. The van der Waals surface area contributed by atoms with Gasteiger partial charge >= 0.3 is 5.97 Å². The topological polar surface area (TPSA) is 75.6 Å². The Labute approximate surface area is 163 Å². The summed E-state index contributed by atoms with van der Waals surface area (Å²) in [5.41, 5.74) is 2.69. The summed E-state index contributed by atoms with van der Waals surface area (Å²) >= 11 is 0. The van der Waals surface area contributed by atoms with E-state index in [1.54, 1.807) is 13.0 Å². The summed E-state index contributed by atoms with van der Waals surface area (Å²) in [5.74, 6) is -1.35. The van der Waals surface area contributed by atoms with Gasteiger partial charge in [-0.3, -0.25) is 4.79 Å². The molecular formula is C23H21NO4. The van der Waals surface area contributed by atoms with Gasteiger partial charge in [0.05, 0.1) is 6.04 Å². The van der Waals surface area contributed by atoms with Crippen LogP contribution in [0, 0.1) is 6.92 Å². The Kier molecular flexibility index (Phi) is 6.07. The molecule has 2 N–H and O–H groups in total. The second-order valence-electron chi connectivity index (χ2n) is 6.42. The predicted octanol–water partition coefficient (Wildman–Crippen LogP) is 3.76. The highest BCUT2D eigenvalue weighted by Crippen LogP contribution is 2.22. The molecule has 0 radical (unpaired) electrons. The second kappa shape index (κ2) is 8.86. The Morgan fingerprint density at radius 3 is 2.04 bits per heavy atom. The summed E-state index contributed by atoms with van der Waals surface area (Å²) in [6, 6.07) is 23.4. The standard InChI is InChI=1S/C23H21NO4/c1-16-12-13-19(20(25)14-16)23(27)28-15-21(26)24-22(17-8-4-2-5-9-17)18-10-6-3-7-11-18/h2-14,22,25H,15H2,1H3,(H,24,26). The van der Waals surface area contributed by atoms with Crippen molar-refractivity contribution in [2.75, 3.05) is 6.61 Å². The number of hydrogen-bond donors (Lipinski definition) is 2. The largest absolute Gasteiger partial charge is 0.507 e. The Balaban J connectivity index is 1.68. The van der Waals surface area contributed by atoms with E-state index in [9.17, 15) is 14.7 Å². The van der Waals surface area contributed by atoms with Gasteiger partial charge in [-0.1, -0.05) is 66.7 Å². The fourth-order valence-corrected chi connectivity index (χ4v) is 2.88. The van der Waals surface area contributed by atoms with Crippen LogP contribution in [0.1, 0.15) is 33.1 Å². The van der Waals surface area contributed by atoms with Crippen molar-refractivity contribution in [3.05, 3.63) is 101 Å². The molecule has 0 saturated carbocycles. The number of aromatic hydroxyl groups is 1. The van der Waals surface area contributed by atoms with Crippen LogP contribution in [0.2, 0.25) is 0 Å². The maximum Gasteiger partial charge on any atom is 0.342 e. The molecule has 0 aliphatic heterocycles. The molecule has 0 spiro atoms. The first kappa shape index (κ1) is 19.2. The number of rotatable bonds is 6. The van der Waals surface area contributed by atoms with E-state index in [0.717, 1.165) is 16.7 Å². The third-order valence-corrected chi connectivity index (χ3v) is 4.28. The van der Waals surface area contributed by atoms with E-state index in [1.165, 1.54) is 12.1 Å². The molecule has 0 unspecified atom stereocenters. The van der Waals surface area contributed by atoms with E-state index in [1.807, 2.05) is 60.7 Å². The van der Waals surface area contributed by atoms with Crippen molar-refractivity contribution < 1.29 is 19.4 Å². The zero-order valence-corrected chi connectivity index (χ0v) is 15.5. The monoisotopic (exact) mass is 375 g/mol. The van der Waals surface area contributed by atoms with Gasteiger partial charge in [0.15, 0.2) is 6.61 Å². The molecule has 3 rings (SSSR count). The SMILES string of the molecule is Cc1ccc(C(=O)OCC(=O)NC(c2ccccc2)c2ccccc2)c(O)c1. The molecule has 3 aromatic carbocycles. The van der Waals surface area contributed by atoms with Gasteiger partial charge < -0.3 is 15.2 Å². The molecule has 1 amide bonds. The number of hydrogen-bond acceptors (Lipinski definition) is 4. The Bertz CT molecular complexity index is 915. The van der Waals surface area contributed by atoms with E-state index < -0.39 is 18.5 Å². The normalized spacial score (nSPS) is 10.5. The van der Waals surface area contributed by atoms with Crippen molar-refractivity contribution in [2.24, 2.45) is 0 Å². The highest BCUT2D eigenvalue weighted by Gasteiger charge is 2.19. The molecule has 0 aliphatic rings. The third kappa shape index (κ3) is 4.76. The fourth-order valence-electron chi connectivity index (χ4n) is 2.88. The molecule has 28 heavy (non-hydrogen) atoms. The van der Waals surface area contributed by atoms with Gasteiger partial charge in [0.2, 0.25) is 0 Å². The van der Waals surface area contributed by atoms with Gasteiger partial charge in [-0.2, -0.15) is 0 Å². The van der Waals surface area contributed by atoms with Crippen LogP contribution < -0.4 is 5.32 Å². The van der Waals surface area contributed by atoms with Gasteiger partial charge in [0.25, 0.3) is 5.91 Å². The zero-order valence-electron chi connectivity index (χ0n) is 15.5. The number of benzene rings is 3. The maximum absolute atomic E-state index is 12.4. The number of ether oxygens (including phenoxy) is 1. The quantitative estimate of drug-likeness (QED) is 0.643. The molecule has 5 heteroatoms. The maximum atomic E-state index is 12.4. The lowest BCUT2D eigenvalue weighted by molar-refractivity contribution is -0.124.